The Labute approximate surface area is 258 Å². The number of rotatable bonds is 9. The molecule has 1 aromatic heterocycles. The van der Waals surface area contributed by atoms with Gasteiger partial charge in [0.05, 0.1) is 38.6 Å². The van der Waals surface area contributed by atoms with Crippen LogP contribution < -0.4 is 19.1 Å². The Balaban J connectivity index is 1.62. The molecule has 0 radical (unpaired) electrons. The normalized spacial score (nSPS) is 15.8. The second kappa shape index (κ2) is 12.6. The third-order valence-corrected chi connectivity index (χ3v) is 8.37. The highest BCUT2D eigenvalue weighted by Gasteiger charge is 2.48. The Kier molecular flexibility index (Phi) is 8.68. The number of esters is 1. The molecule has 44 heavy (non-hydrogen) atoms. The van der Waals surface area contributed by atoms with Crippen molar-refractivity contribution in [2.24, 2.45) is 0 Å². The third-order valence-electron chi connectivity index (χ3n) is 7.23. The standard InChI is InChI=1S/C33H30N2O8S/c1-18-15-22(43-17-20-9-7-6-8-10-20)12-13-23(18)28(36)26-27(21-11-14-24(40-3)25(16-21)41-4)35(31(38)29(26)37)33-34-19(2)30(44-33)32(39)42-5/h6-16,27,36H,17H2,1-5H3/t27-/m1/s1. The van der Waals surface area contributed by atoms with Crippen molar-refractivity contribution in [3.8, 4) is 17.2 Å². The Morgan fingerprint density at radius 3 is 2.34 bits per heavy atom. The van der Waals surface area contributed by atoms with Gasteiger partial charge in [-0.25, -0.2) is 9.78 Å². The maximum atomic E-state index is 13.7. The number of hydrogen-bond acceptors (Lipinski definition) is 10. The zero-order chi connectivity index (χ0) is 31.5. The predicted octanol–water partition coefficient (Wildman–Crippen LogP) is 5.77. The number of ether oxygens (including phenoxy) is 4. The van der Waals surface area contributed by atoms with Gasteiger partial charge in [-0.3, -0.25) is 14.5 Å². The van der Waals surface area contributed by atoms with Crippen LogP contribution in [0.4, 0.5) is 5.13 Å². The van der Waals surface area contributed by atoms with Crippen molar-refractivity contribution in [2.75, 3.05) is 26.2 Å². The van der Waals surface area contributed by atoms with E-state index in [2.05, 4.69) is 4.98 Å². The maximum Gasteiger partial charge on any atom is 0.350 e. The first kappa shape index (κ1) is 30.3. The molecule has 2 heterocycles. The molecule has 0 aliphatic carbocycles. The van der Waals surface area contributed by atoms with E-state index in [9.17, 15) is 19.5 Å². The molecule has 4 aromatic rings. The molecule has 1 aliphatic heterocycles. The van der Waals surface area contributed by atoms with Gasteiger partial charge in [-0.15, -0.1) is 0 Å². The van der Waals surface area contributed by atoms with E-state index >= 15 is 0 Å². The lowest BCUT2D eigenvalue weighted by atomic mass is 9.93. The molecule has 5 rings (SSSR count). The van der Waals surface area contributed by atoms with Crippen molar-refractivity contribution in [1.29, 1.82) is 0 Å². The second-order valence-electron chi connectivity index (χ2n) is 9.94. The van der Waals surface area contributed by atoms with Crippen molar-refractivity contribution >= 4 is 39.9 Å². The Morgan fingerprint density at radius 2 is 1.68 bits per heavy atom. The summed E-state index contributed by atoms with van der Waals surface area (Å²) in [6.45, 7) is 3.74. The van der Waals surface area contributed by atoms with Crippen LogP contribution in [0, 0.1) is 13.8 Å². The van der Waals surface area contributed by atoms with Crippen LogP contribution in [0.2, 0.25) is 0 Å². The summed E-state index contributed by atoms with van der Waals surface area (Å²) in [5.74, 6) is -1.41. The number of hydrogen-bond donors (Lipinski definition) is 1. The van der Waals surface area contributed by atoms with Crippen LogP contribution in [-0.2, 0) is 20.9 Å². The van der Waals surface area contributed by atoms with Crippen LogP contribution in [0.25, 0.3) is 5.76 Å². The second-order valence-corrected chi connectivity index (χ2v) is 10.9. The highest BCUT2D eigenvalue weighted by Crippen LogP contribution is 2.46. The molecule has 3 aromatic carbocycles. The number of thiazole rings is 1. The van der Waals surface area contributed by atoms with E-state index in [1.807, 2.05) is 30.3 Å². The molecule has 0 spiro atoms. The van der Waals surface area contributed by atoms with E-state index in [0.29, 0.717) is 46.2 Å². The quantitative estimate of drug-likeness (QED) is 0.108. The summed E-state index contributed by atoms with van der Waals surface area (Å²) in [5, 5.41) is 11.8. The Morgan fingerprint density at radius 1 is 0.955 bits per heavy atom. The van der Waals surface area contributed by atoms with Crippen molar-refractivity contribution in [2.45, 2.75) is 26.5 Å². The highest BCUT2D eigenvalue weighted by molar-refractivity contribution is 7.17. The van der Waals surface area contributed by atoms with Crippen LogP contribution in [0.1, 0.15) is 43.7 Å². The average molecular weight is 615 g/mol. The van der Waals surface area contributed by atoms with Gasteiger partial charge in [0.15, 0.2) is 16.6 Å². The Hall–Kier alpha value is -5.16. The van der Waals surface area contributed by atoms with E-state index in [1.54, 1.807) is 50.2 Å². The van der Waals surface area contributed by atoms with Crippen molar-refractivity contribution in [3.63, 3.8) is 0 Å². The molecule has 1 atom stereocenters. The number of nitrogens with zero attached hydrogens (tertiary/aromatic N) is 2. The highest BCUT2D eigenvalue weighted by atomic mass is 32.1. The van der Waals surface area contributed by atoms with Gasteiger partial charge in [-0.2, -0.15) is 0 Å². The lowest BCUT2D eigenvalue weighted by molar-refractivity contribution is -0.132. The van der Waals surface area contributed by atoms with Gasteiger partial charge in [-0.1, -0.05) is 47.7 Å². The number of ketones is 1. The van der Waals surface area contributed by atoms with E-state index in [1.165, 1.54) is 26.2 Å². The number of aliphatic hydroxyl groups is 1. The molecule has 1 N–H and O–H groups in total. The Bertz CT molecular complexity index is 1780. The minimum Gasteiger partial charge on any atom is -0.507 e. The minimum absolute atomic E-state index is 0.102. The van der Waals surface area contributed by atoms with Crippen molar-refractivity contribution < 1.29 is 38.4 Å². The largest absolute Gasteiger partial charge is 0.507 e. The summed E-state index contributed by atoms with van der Waals surface area (Å²) >= 11 is 0.920. The predicted molar refractivity (Wildman–Crippen MR) is 164 cm³/mol. The lowest BCUT2D eigenvalue weighted by Crippen LogP contribution is -2.29. The number of carbonyl (C=O) groups excluding carboxylic acids is 3. The number of Topliss-reactive ketones (excluding diaryl/α,β-unsaturated/α-hetero) is 1. The van der Waals surface area contributed by atoms with Crippen LogP contribution in [0.5, 0.6) is 17.2 Å². The first-order chi connectivity index (χ1) is 21.2. The molecule has 0 saturated carbocycles. The zero-order valence-electron chi connectivity index (χ0n) is 24.7. The molecule has 1 amide bonds. The third kappa shape index (κ3) is 5.61. The molecule has 1 saturated heterocycles. The van der Waals surface area contributed by atoms with Gasteiger partial charge in [0.1, 0.15) is 23.0 Å². The molecule has 0 bridgehead atoms. The molecule has 1 aliphatic rings. The maximum absolute atomic E-state index is 13.7. The van der Waals surface area contributed by atoms with Gasteiger partial charge in [-0.05, 0) is 60.9 Å². The zero-order valence-corrected chi connectivity index (χ0v) is 25.6. The monoisotopic (exact) mass is 614 g/mol. The summed E-state index contributed by atoms with van der Waals surface area (Å²) < 4.78 is 21.7. The van der Waals surface area contributed by atoms with Crippen molar-refractivity contribution in [1.82, 2.24) is 4.98 Å². The fourth-order valence-corrected chi connectivity index (χ4v) is 6.02. The van der Waals surface area contributed by atoms with Gasteiger partial charge >= 0.3 is 11.9 Å². The molecular formula is C33H30N2O8S. The molecular weight excluding hydrogens is 584 g/mol. The van der Waals surface area contributed by atoms with E-state index in [4.69, 9.17) is 18.9 Å². The summed E-state index contributed by atoms with van der Waals surface area (Å²) in [7, 11) is 4.21. The topological polar surface area (TPSA) is 124 Å². The molecule has 0 unspecified atom stereocenters. The van der Waals surface area contributed by atoms with Gasteiger partial charge in [0.2, 0.25) is 0 Å². The summed E-state index contributed by atoms with van der Waals surface area (Å²) in [5.41, 5.74) is 2.63. The molecule has 226 valence electrons. The minimum atomic E-state index is -1.10. The fraction of sp³-hybridized carbons (Fsp3) is 0.212. The van der Waals surface area contributed by atoms with Crippen LogP contribution in [-0.4, -0.2) is 49.1 Å². The number of anilines is 1. The van der Waals surface area contributed by atoms with Crippen LogP contribution >= 0.6 is 11.3 Å². The van der Waals surface area contributed by atoms with E-state index in [-0.39, 0.29) is 21.3 Å². The number of methoxy groups -OCH3 is 3. The number of aromatic nitrogens is 1. The fourth-order valence-electron chi connectivity index (χ4n) is 5.01. The van der Waals surface area contributed by atoms with Gasteiger partial charge in [0, 0.05) is 5.56 Å². The van der Waals surface area contributed by atoms with Crippen molar-refractivity contribution in [3.05, 3.63) is 105 Å². The SMILES string of the molecule is COC(=O)c1sc(N2C(=O)C(=O)C(=C(O)c3ccc(OCc4ccccc4)cc3C)[C@H]2c2ccc(OC)c(OC)c2)nc1C. The summed E-state index contributed by atoms with van der Waals surface area (Å²) in [6.07, 6.45) is 0. The van der Waals surface area contributed by atoms with E-state index < -0.39 is 23.7 Å². The summed E-state index contributed by atoms with van der Waals surface area (Å²) in [4.78, 5) is 45.5. The first-order valence-corrected chi connectivity index (χ1v) is 14.4. The first-order valence-electron chi connectivity index (χ1n) is 13.5. The van der Waals surface area contributed by atoms with Gasteiger partial charge in [0.25, 0.3) is 5.78 Å². The number of aliphatic hydroxyl groups excluding tert-OH is 1. The van der Waals surface area contributed by atoms with Gasteiger partial charge < -0.3 is 24.1 Å². The molecule has 10 nitrogen and oxygen atoms in total. The van der Waals surface area contributed by atoms with E-state index in [0.717, 1.165) is 16.9 Å². The lowest BCUT2D eigenvalue weighted by Gasteiger charge is -2.24. The number of aryl methyl sites for hydroxylation is 2. The number of carbonyl (C=O) groups is 3. The summed E-state index contributed by atoms with van der Waals surface area (Å²) in [6, 6.07) is 18.6. The number of benzene rings is 3. The number of amides is 1. The average Bonchev–Trinajstić information content (AvgIpc) is 3.55. The smallest absolute Gasteiger partial charge is 0.350 e. The van der Waals surface area contributed by atoms with Crippen LogP contribution in [0.3, 0.4) is 0 Å². The van der Waals surface area contributed by atoms with Crippen LogP contribution in [0.15, 0.2) is 72.3 Å². The molecule has 1 fully saturated rings. The molecule has 11 heteroatoms.